The highest BCUT2D eigenvalue weighted by atomic mass is 16.5. The smallest absolute Gasteiger partial charge is 0.246 e. The number of hydrogen-bond donors (Lipinski definition) is 0. The number of rotatable bonds is 7. The van der Waals surface area contributed by atoms with Gasteiger partial charge in [-0.1, -0.05) is 12.1 Å². The first-order valence-electron chi connectivity index (χ1n) is 10.2. The van der Waals surface area contributed by atoms with Gasteiger partial charge in [0.2, 0.25) is 5.91 Å². The average Bonchev–Trinajstić information content (AvgIpc) is 3.15. The van der Waals surface area contributed by atoms with E-state index >= 15 is 0 Å². The summed E-state index contributed by atoms with van der Waals surface area (Å²) in [5.41, 5.74) is 5.49. The molecule has 0 fully saturated rings. The van der Waals surface area contributed by atoms with Crippen molar-refractivity contribution in [3.63, 3.8) is 0 Å². The van der Waals surface area contributed by atoms with Crippen LogP contribution < -0.4 is 9.47 Å². The van der Waals surface area contributed by atoms with Crippen LogP contribution in [0.3, 0.4) is 0 Å². The van der Waals surface area contributed by atoms with Crippen molar-refractivity contribution in [1.82, 2.24) is 4.90 Å². The summed E-state index contributed by atoms with van der Waals surface area (Å²) in [6.45, 7) is 9.00. The maximum Gasteiger partial charge on any atom is 0.246 e. The van der Waals surface area contributed by atoms with Crippen molar-refractivity contribution in [3.05, 3.63) is 53.8 Å². The Morgan fingerprint density at radius 2 is 1.77 bits per heavy atom. The van der Waals surface area contributed by atoms with E-state index in [0.29, 0.717) is 13.2 Å². The average molecular weight is 408 g/mol. The Balaban J connectivity index is 2.17. The Labute approximate surface area is 177 Å². The number of hydrogen-bond acceptors (Lipinski definition) is 4. The molecule has 30 heavy (non-hydrogen) atoms. The number of amides is 1. The van der Waals surface area contributed by atoms with Crippen molar-refractivity contribution in [2.45, 2.75) is 27.7 Å². The summed E-state index contributed by atoms with van der Waals surface area (Å²) in [6.07, 6.45) is 3.41. The van der Waals surface area contributed by atoms with Gasteiger partial charge in [0.25, 0.3) is 0 Å². The van der Waals surface area contributed by atoms with Gasteiger partial charge >= 0.3 is 0 Å². The third-order valence-corrected chi connectivity index (χ3v) is 5.01. The molecule has 0 aliphatic heterocycles. The highest BCUT2D eigenvalue weighted by Gasteiger charge is 2.19. The van der Waals surface area contributed by atoms with Crippen molar-refractivity contribution in [2.75, 3.05) is 27.3 Å². The number of aryl methyl sites for hydroxylation is 1. The topological polar surface area (TPSA) is 51.9 Å². The molecule has 158 valence electrons. The molecule has 3 aromatic rings. The highest BCUT2D eigenvalue weighted by molar-refractivity contribution is 6.01. The van der Waals surface area contributed by atoms with Gasteiger partial charge in [-0.3, -0.25) is 4.79 Å². The molecular weight excluding hydrogens is 378 g/mol. The van der Waals surface area contributed by atoms with Crippen LogP contribution in [0.2, 0.25) is 0 Å². The minimum atomic E-state index is -0.0633. The number of allylic oxidation sites excluding steroid dienone is 1. The first kappa shape index (κ1) is 21.5. The Hall–Kier alpha value is -3.21. The van der Waals surface area contributed by atoms with Gasteiger partial charge in [-0.2, -0.15) is 0 Å². The molecule has 1 aromatic heterocycles. The van der Waals surface area contributed by atoms with Gasteiger partial charge in [0.15, 0.2) is 0 Å². The molecule has 1 heterocycles. The first-order valence-corrected chi connectivity index (χ1v) is 10.2. The van der Waals surface area contributed by atoms with Gasteiger partial charge in [-0.15, -0.1) is 0 Å². The number of furan rings is 1. The number of likely N-dealkylation sites (N-methyl/N-ethyl adjacent to an activating group) is 1. The number of carbonyl (C=O) groups excluding carboxylic acids is 1. The zero-order valence-electron chi connectivity index (χ0n) is 18.5. The second kappa shape index (κ2) is 9.08. The molecule has 0 unspecified atom stereocenters. The predicted octanol–water partition coefficient (Wildman–Crippen LogP) is 5.70. The Bertz CT molecular complexity index is 1070. The summed E-state index contributed by atoms with van der Waals surface area (Å²) in [5, 5.41) is 0.986. The van der Waals surface area contributed by atoms with Crippen LogP contribution in [0.25, 0.3) is 27.7 Å². The predicted molar refractivity (Wildman–Crippen MR) is 121 cm³/mol. The summed E-state index contributed by atoms with van der Waals surface area (Å²) < 4.78 is 17.5. The van der Waals surface area contributed by atoms with Crippen molar-refractivity contribution in [3.8, 4) is 22.6 Å². The van der Waals surface area contributed by atoms with Crippen LogP contribution in [0.1, 0.15) is 31.9 Å². The summed E-state index contributed by atoms with van der Waals surface area (Å²) in [4.78, 5) is 13.8. The van der Waals surface area contributed by atoms with Gasteiger partial charge in [-0.25, -0.2) is 0 Å². The zero-order valence-corrected chi connectivity index (χ0v) is 18.5. The van der Waals surface area contributed by atoms with E-state index < -0.39 is 0 Å². The Kier molecular flexibility index (Phi) is 6.50. The molecule has 0 saturated carbocycles. The number of benzene rings is 2. The number of nitrogens with zero attached hydrogens (tertiary/aromatic N) is 1. The Morgan fingerprint density at radius 1 is 1.10 bits per heavy atom. The fourth-order valence-corrected chi connectivity index (χ4v) is 3.45. The van der Waals surface area contributed by atoms with Gasteiger partial charge in [0, 0.05) is 42.2 Å². The molecule has 5 nitrogen and oxygen atoms in total. The number of fused-ring (bicyclic) bond motifs is 1. The highest BCUT2D eigenvalue weighted by Crippen LogP contribution is 2.41. The van der Waals surface area contributed by atoms with E-state index in [4.69, 9.17) is 13.9 Å². The summed E-state index contributed by atoms with van der Waals surface area (Å²) in [6, 6.07) is 10.0. The second-order valence-electron chi connectivity index (χ2n) is 7.35. The molecule has 2 aromatic carbocycles. The van der Waals surface area contributed by atoms with Gasteiger partial charge in [0.1, 0.15) is 17.1 Å². The van der Waals surface area contributed by atoms with Crippen molar-refractivity contribution < 1.29 is 18.7 Å². The van der Waals surface area contributed by atoms with Crippen LogP contribution in [-0.4, -0.2) is 38.1 Å². The van der Waals surface area contributed by atoms with Crippen LogP contribution in [-0.2, 0) is 4.79 Å². The molecule has 1 amide bonds. The van der Waals surface area contributed by atoms with Crippen LogP contribution in [0, 0.1) is 6.92 Å². The molecule has 0 aliphatic carbocycles. The minimum absolute atomic E-state index is 0.0633. The summed E-state index contributed by atoms with van der Waals surface area (Å²) >= 11 is 0. The maximum absolute atomic E-state index is 12.2. The third kappa shape index (κ3) is 4.20. The fourth-order valence-electron chi connectivity index (χ4n) is 3.45. The lowest BCUT2D eigenvalue weighted by Crippen LogP contribution is -2.19. The lowest BCUT2D eigenvalue weighted by Gasteiger charge is -2.15. The van der Waals surface area contributed by atoms with Gasteiger partial charge in [-0.05, 0) is 57.0 Å². The molecule has 0 bridgehead atoms. The van der Waals surface area contributed by atoms with Crippen LogP contribution in [0.4, 0.5) is 0 Å². The summed E-state index contributed by atoms with van der Waals surface area (Å²) in [7, 11) is 3.48. The molecule has 0 N–H and O–H groups in total. The molecule has 0 radical (unpaired) electrons. The quantitative estimate of drug-likeness (QED) is 0.472. The largest absolute Gasteiger partial charge is 0.494 e. The lowest BCUT2D eigenvalue weighted by atomic mass is 9.96. The maximum atomic E-state index is 12.2. The minimum Gasteiger partial charge on any atom is -0.494 e. The monoisotopic (exact) mass is 407 g/mol. The zero-order chi connectivity index (χ0) is 21.8. The van der Waals surface area contributed by atoms with Gasteiger partial charge < -0.3 is 18.8 Å². The molecule has 0 aliphatic rings. The van der Waals surface area contributed by atoms with Crippen LogP contribution >= 0.6 is 0 Å². The Morgan fingerprint density at radius 3 is 2.37 bits per heavy atom. The van der Waals surface area contributed by atoms with E-state index in [1.54, 1.807) is 31.3 Å². The SMILES string of the molecule is CCOc1ccc(-c2coc3c(C)c(OCC)c(/C(C)=C/C(=O)N(C)C)cc23)cc1. The van der Waals surface area contributed by atoms with Crippen molar-refractivity contribution in [2.24, 2.45) is 0 Å². The van der Waals surface area contributed by atoms with E-state index in [2.05, 4.69) is 6.07 Å². The molecule has 0 spiro atoms. The van der Waals surface area contributed by atoms with Gasteiger partial charge in [0.05, 0.1) is 19.5 Å². The molecule has 0 atom stereocenters. The van der Waals surface area contributed by atoms with Crippen LogP contribution in [0.15, 0.2) is 47.1 Å². The second-order valence-corrected chi connectivity index (χ2v) is 7.35. The normalized spacial score (nSPS) is 11.6. The van der Waals surface area contributed by atoms with E-state index in [1.807, 2.05) is 52.0 Å². The van der Waals surface area contributed by atoms with Crippen molar-refractivity contribution >= 4 is 22.4 Å². The molecule has 5 heteroatoms. The fraction of sp³-hybridized carbons (Fsp3) is 0.320. The number of carbonyl (C=O) groups is 1. The third-order valence-electron chi connectivity index (χ3n) is 5.01. The van der Waals surface area contributed by atoms with E-state index in [0.717, 1.165) is 50.3 Å². The van der Waals surface area contributed by atoms with E-state index in [9.17, 15) is 4.79 Å². The molecule has 0 saturated heterocycles. The first-order chi connectivity index (χ1) is 14.4. The van der Waals surface area contributed by atoms with Crippen LogP contribution in [0.5, 0.6) is 11.5 Å². The standard InChI is InChI=1S/C25H29NO4/c1-7-28-19-11-9-18(10-12-19)22-15-30-25-17(4)24(29-8-2)20(14-21(22)25)16(3)13-23(27)26(5)6/h9-15H,7-8H2,1-6H3/b16-13+. The van der Waals surface area contributed by atoms with E-state index in [-0.39, 0.29) is 5.91 Å². The number of ether oxygens (including phenoxy) is 2. The molecule has 3 rings (SSSR count). The molecular formula is C25H29NO4. The van der Waals surface area contributed by atoms with Crippen molar-refractivity contribution in [1.29, 1.82) is 0 Å². The summed E-state index contributed by atoms with van der Waals surface area (Å²) in [5.74, 6) is 1.52. The van der Waals surface area contributed by atoms with E-state index in [1.165, 1.54) is 0 Å². The lowest BCUT2D eigenvalue weighted by molar-refractivity contribution is -0.123.